The van der Waals surface area contributed by atoms with E-state index in [1.807, 2.05) is 36.4 Å². The maximum atomic E-state index is 10.6. The Bertz CT molecular complexity index is 853. The SMILES string of the molecule is OC(c1ccc2occc2c1)c1cc2ccccc2s1. The highest BCUT2D eigenvalue weighted by Crippen LogP contribution is 2.34. The molecule has 0 saturated carbocycles. The Kier molecular flexibility index (Phi) is 2.62. The first-order valence-electron chi connectivity index (χ1n) is 6.45. The lowest BCUT2D eigenvalue weighted by atomic mass is 10.1. The van der Waals surface area contributed by atoms with E-state index in [-0.39, 0.29) is 0 Å². The fourth-order valence-corrected chi connectivity index (χ4v) is 3.54. The first-order valence-corrected chi connectivity index (χ1v) is 7.26. The minimum Gasteiger partial charge on any atom is -0.464 e. The van der Waals surface area contributed by atoms with Crippen LogP contribution in [0.5, 0.6) is 0 Å². The maximum Gasteiger partial charge on any atom is 0.133 e. The maximum absolute atomic E-state index is 10.6. The van der Waals surface area contributed by atoms with Crippen LogP contribution in [0.25, 0.3) is 21.1 Å². The predicted molar refractivity (Wildman–Crippen MR) is 82.1 cm³/mol. The minimum atomic E-state index is -0.591. The predicted octanol–water partition coefficient (Wildman–Crippen LogP) is 4.73. The lowest BCUT2D eigenvalue weighted by molar-refractivity contribution is 0.224. The molecule has 1 N–H and O–H groups in total. The van der Waals surface area contributed by atoms with Crippen molar-refractivity contribution in [2.45, 2.75) is 6.10 Å². The summed E-state index contributed by atoms with van der Waals surface area (Å²) >= 11 is 1.63. The van der Waals surface area contributed by atoms with Gasteiger partial charge in [0.2, 0.25) is 0 Å². The molecule has 0 spiro atoms. The average molecular weight is 280 g/mol. The smallest absolute Gasteiger partial charge is 0.133 e. The molecule has 98 valence electrons. The molecule has 0 radical (unpaired) electrons. The zero-order valence-electron chi connectivity index (χ0n) is 10.6. The van der Waals surface area contributed by atoms with Crippen molar-refractivity contribution < 1.29 is 9.52 Å². The van der Waals surface area contributed by atoms with Crippen LogP contribution in [0.15, 0.2) is 65.3 Å². The topological polar surface area (TPSA) is 33.4 Å². The molecule has 0 aliphatic heterocycles. The normalized spacial score (nSPS) is 13.1. The van der Waals surface area contributed by atoms with E-state index in [4.69, 9.17) is 4.42 Å². The second kappa shape index (κ2) is 4.47. The van der Waals surface area contributed by atoms with Gasteiger partial charge in [0.05, 0.1) is 6.26 Å². The number of hydrogen-bond donors (Lipinski definition) is 1. The molecule has 0 bridgehead atoms. The summed E-state index contributed by atoms with van der Waals surface area (Å²) in [5, 5.41) is 12.8. The van der Waals surface area contributed by atoms with E-state index < -0.39 is 6.10 Å². The van der Waals surface area contributed by atoms with Crippen LogP contribution in [0.4, 0.5) is 0 Å². The molecule has 1 atom stereocenters. The van der Waals surface area contributed by atoms with Crippen molar-refractivity contribution in [1.29, 1.82) is 0 Å². The van der Waals surface area contributed by atoms with Gasteiger partial charge in [-0.25, -0.2) is 0 Å². The van der Waals surface area contributed by atoms with Crippen LogP contribution in [0.2, 0.25) is 0 Å². The van der Waals surface area contributed by atoms with Gasteiger partial charge < -0.3 is 9.52 Å². The fraction of sp³-hybridized carbons (Fsp3) is 0.0588. The fourth-order valence-electron chi connectivity index (χ4n) is 2.46. The molecule has 0 amide bonds. The third-order valence-electron chi connectivity index (χ3n) is 3.51. The van der Waals surface area contributed by atoms with Gasteiger partial charge in [0.25, 0.3) is 0 Å². The van der Waals surface area contributed by atoms with Crippen molar-refractivity contribution in [2.75, 3.05) is 0 Å². The molecule has 2 nitrogen and oxygen atoms in total. The van der Waals surface area contributed by atoms with Gasteiger partial charge in [0.1, 0.15) is 11.7 Å². The van der Waals surface area contributed by atoms with Crippen molar-refractivity contribution in [3.63, 3.8) is 0 Å². The van der Waals surface area contributed by atoms with Gasteiger partial charge in [-0.05, 0) is 41.3 Å². The second-order valence-electron chi connectivity index (χ2n) is 4.81. The lowest BCUT2D eigenvalue weighted by Gasteiger charge is -2.08. The van der Waals surface area contributed by atoms with Crippen molar-refractivity contribution in [3.05, 3.63) is 71.3 Å². The number of aliphatic hydroxyl groups excluding tert-OH is 1. The van der Waals surface area contributed by atoms with Crippen LogP contribution < -0.4 is 0 Å². The molecule has 1 unspecified atom stereocenters. The molecule has 4 aromatic rings. The Morgan fingerprint density at radius 1 is 0.950 bits per heavy atom. The van der Waals surface area contributed by atoms with Gasteiger partial charge in [0.15, 0.2) is 0 Å². The third-order valence-corrected chi connectivity index (χ3v) is 4.67. The summed E-state index contributed by atoms with van der Waals surface area (Å²) in [6.45, 7) is 0. The lowest BCUT2D eigenvalue weighted by Crippen LogP contribution is -1.96. The number of rotatable bonds is 2. The zero-order chi connectivity index (χ0) is 13.5. The molecule has 3 heteroatoms. The van der Waals surface area contributed by atoms with Crippen LogP contribution in [0.1, 0.15) is 16.5 Å². The highest BCUT2D eigenvalue weighted by Gasteiger charge is 2.14. The molecule has 20 heavy (non-hydrogen) atoms. The molecule has 0 fully saturated rings. The molecule has 4 rings (SSSR count). The van der Waals surface area contributed by atoms with Crippen molar-refractivity contribution in [2.24, 2.45) is 0 Å². The summed E-state index contributed by atoms with van der Waals surface area (Å²) in [6.07, 6.45) is 1.08. The van der Waals surface area contributed by atoms with Gasteiger partial charge in [0, 0.05) is 15.0 Å². The van der Waals surface area contributed by atoms with Crippen LogP contribution in [-0.4, -0.2) is 5.11 Å². The molecule has 0 saturated heterocycles. The van der Waals surface area contributed by atoms with E-state index in [1.165, 1.54) is 10.1 Å². The van der Waals surface area contributed by atoms with Crippen molar-refractivity contribution in [3.8, 4) is 0 Å². The summed E-state index contributed by atoms with van der Waals surface area (Å²) in [5.41, 5.74) is 1.74. The van der Waals surface area contributed by atoms with E-state index >= 15 is 0 Å². The Morgan fingerprint density at radius 2 is 1.85 bits per heavy atom. The standard InChI is InChI=1S/C17H12O2S/c18-17(13-5-6-14-11(9-13)7-8-19-14)16-10-12-3-1-2-4-15(12)20-16/h1-10,17-18H. The number of fused-ring (bicyclic) bond motifs is 2. The van der Waals surface area contributed by atoms with E-state index in [9.17, 15) is 5.11 Å². The van der Waals surface area contributed by atoms with Crippen LogP contribution in [-0.2, 0) is 0 Å². The number of benzene rings is 2. The summed E-state index contributed by atoms with van der Waals surface area (Å²) in [5.74, 6) is 0. The summed E-state index contributed by atoms with van der Waals surface area (Å²) in [6, 6.07) is 18.0. The quantitative estimate of drug-likeness (QED) is 0.576. The molecule has 0 aliphatic carbocycles. The first-order chi connectivity index (χ1) is 9.81. The number of thiophene rings is 1. The van der Waals surface area contributed by atoms with Crippen molar-refractivity contribution in [1.82, 2.24) is 0 Å². The number of hydrogen-bond acceptors (Lipinski definition) is 3. The average Bonchev–Trinajstić information content (AvgIpc) is 3.11. The first kappa shape index (κ1) is 11.7. The zero-order valence-corrected chi connectivity index (χ0v) is 11.4. The van der Waals surface area contributed by atoms with Gasteiger partial charge in [-0.2, -0.15) is 0 Å². The van der Waals surface area contributed by atoms with E-state index in [1.54, 1.807) is 17.6 Å². The molecular formula is C17H12O2S. The minimum absolute atomic E-state index is 0.591. The molecule has 2 aromatic carbocycles. The van der Waals surface area contributed by atoms with Crippen LogP contribution in [0, 0.1) is 0 Å². The van der Waals surface area contributed by atoms with Crippen molar-refractivity contribution >= 4 is 32.4 Å². The highest BCUT2D eigenvalue weighted by atomic mass is 32.1. The Morgan fingerprint density at radius 3 is 2.75 bits per heavy atom. The Hall–Kier alpha value is -2.10. The monoisotopic (exact) mass is 280 g/mol. The number of furan rings is 1. The molecule has 0 aliphatic rings. The van der Waals surface area contributed by atoms with Gasteiger partial charge in [-0.1, -0.05) is 24.3 Å². The summed E-state index contributed by atoms with van der Waals surface area (Å²) in [7, 11) is 0. The number of aliphatic hydroxyl groups is 1. The molecule has 2 heterocycles. The highest BCUT2D eigenvalue weighted by molar-refractivity contribution is 7.19. The summed E-state index contributed by atoms with van der Waals surface area (Å²) in [4.78, 5) is 0.967. The Labute approximate surface area is 119 Å². The summed E-state index contributed by atoms with van der Waals surface area (Å²) < 4.78 is 6.53. The Balaban J connectivity index is 1.79. The van der Waals surface area contributed by atoms with Gasteiger partial charge >= 0.3 is 0 Å². The molecular weight excluding hydrogens is 268 g/mol. The third kappa shape index (κ3) is 1.83. The van der Waals surface area contributed by atoms with E-state index in [2.05, 4.69) is 18.2 Å². The van der Waals surface area contributed by atoms with E-state index in [0.717, 1.165) is 21.4 Å². The van der Waals surface area contributed by atoms with Crippen LogP contribution in [0.3, 0.4) is 0 Å². The largest absolute Gasteiger partial charge is 0.464 e. The van der Waals surface area contributed by atoms with Gasteiger partial charge in [-0.15, -0.1) is 11.3 Å². The molecule has 2 aromatic heterocycles. The van der Waals surface area contributed by atoms with Gasteiger partial charge in [-0.3, -0.25) is 0 Å². The van der Waals surface area contributed by atoms with Crippen LogP contribution >= 0.6 is 11.3 Å². The second-order valence-corrected chi connectivity index (χ2v) is 5.92. The van der Waals surface area contributed by atoms with E-state index in [0.29, 0.717) is 0 Å².